The van der Waals surface area contributed by atoms with Gasteiger partial charge in [0.05, 0.1) is 0 Å². The van der Waals surface area contributed by atoms with Gasteiger partial charge in [-0.15, -0.1) is 0 Å². The summed E-state index contributed by atoms with van der Waals surface area (Å²) in [5, 5.41) is 2.80. The van der Waals surface area contributed by atoms with Crippen molar-refractivity contribution in [1.82, 2.24) is 10.2 Å². The van der Waals surface area contributed by atoms with Crippen molar-refractivity contribution in [1.29, 1.82) is 0 Å². The van der Waals surface area contributed by atoms with Gasteiger partial charge in [-0.3, -0.25) is 0 Å². The first-order chi connectivity index (χ1) is 5.83. The first-order valence-corrected chi connectivity index (χ1v) is 4.57. The summed E-state index contributed by atoms with van der Waals surface area (Å²) in [6.45, 7) is 2.22. The van der Waals surface area contributed by atoms with Gasteiger partial charge in [-0.2, -0.15) is 0 Å². The number of rotatable bonds is 3. The summed E-state index contributed by atoms with van der Waals surface area (Å²) >= 11 is 0. The SMILES string of the molecule is NCC(C1CC1)N1CCNC1=O. The quantitative estimate of drug-likeness (QED) is 0.612. The van der Waals surface area contributed by atoms with Gasteiger partial charge in [-0.1, -0.05) is 0 Å². The fourth-order valence-electron chi connectivity index (χ4n) is 1.86. The van der Waals surface area contributed by atoms with Gasteiger partial charge in [-0.05, 0) is 18.8 Å². The molecule has 2 fully saturated rings. The first-order valence-electron chi connectivity index (χ1n) is 4.57. The van der Waals surface area contributed by atoms with E-state index in [1.54, 1.807) is 0 Å². The zero-order valence-corrected chi connectivity index (χ0v) is 7.12. The topological polar surface area (TPSA) is 58.4 Å². The van der Waals surface area contributed by atoms with Crippen molar-refractivity contribution >= 4 is 6.03 Å². The molecule has 0 spiro atoms. The summed E-state index contributed by atoms with van der Waals surface area (Å²) in [4.78, 5) is 13.2. The predicted molar refractivity (Wildman–Crippen MR) is 45.7 cm³/mol. The van der Waals surface area contributed by atoms with Crippen LogP contribution in [0.15, 0.2) is 0 Å². The summed E-state index contributed by atoms with van der Waals surface area (Å²) in [5.74, 6) is 0.679. The van der Waals surface area contributed by atoms with Crippen LogP contribution in [0, 0.1) is 5.92 Å². The second-order valence-corrected chi connectivity index (χ2v) is 3.57. The molecule has 0 bridgehead atoms. The van der Waals surface area contributed by atoms with Crippen molar-refractivity contribution in [3.63, 3.8) is 0 Å². The van der Waals surface area contributed by atoms with E-state index in [4.69, 9.17) is 5.73 Å². The fourth-order valence-corrected chi connectivity index (χ4v) is 1.86. The van der Waals surface area contributed by atoms with Crippen LogP contribution < -0.4 is 11.1 Å². The largest absolute Gasteiger partial charge is 0.336 e. The van der Waals surface area contributed by atoms with Crippen molar-refractivity contribution in [2.24, 2.45) is 11.7 Å². The third-order valence-corrected chi connectivity index (χ3v) is 2.70. The average molecular weight is 169 g/mol. The minimum absolute atomic E-state index is 0.0670. The van der Waals surface area contributed by atoms with Crippen LogP contribution in [0.4, 0.5) is 4.79 Å². The minimum Gasteiger partial charge on any atom is -0.336 e. The molecular weight excluding hydrogens is 154 g/mol. The Balaban J connectivity index is 1.99. The summed E-state index contributed by atoms with van der Waals surface area (Å²) in [6, 6.07) is 0.366. The van der Waals surface area contributed by atoms with E-state index >= 15 is 0 Å². The highest BCUT2D eigenvalue weighted by Crippen LogP contribution is 2.35. The fraction of sp³-hybridized carbons (Fsp3) is 0.875. The molecule has 1 atom stereocenters. The Morgan fingerprint density at radius 2 is 2.42 bits per heavy atom. The lowest BCUT2D eigenvalue weighted by Gasteiger charge is -2.24. The molecule has 2 rings (SSSR count). The maximum atomic E-state index is 11.3. The van der Waals surface area contributed by atoms with Gasteiger partial charge < -0.3 is 16.0 Å². The highest BCUT2D eigenvalue weighted by Gasteiger charge is 2.37. The Bertz CT molecular complexity index is 191. The number of hydrogen-bond donors (Lipinski definition) is 2. The molecule has 4 nitrogen and oxygen atoms in total. The third-order valence-electron chi connectivity index (χ3n) is 2.70. The summed E-state index contributed by atoms with van der Waals surface area (Å²) in [7, 11) is 0. The van der Waals surface area contributed by atoms with Crippen LogP contribution in [0.1, 0.15) is 12.8 Å². The maximum Gasteiger partial charge on any atom is 0.317 e. The Morgan fingerprint density at radius 3 is 2.83 bits per heavy atom. The molecule has 2 amide bonds. The molecule has 68 valence electrons. The summed E-state index contributed by atoms with van der Waals surface area (Å²) in [5.41, 5.74) is 5.63. The van der Waals surface area contributed by atoms with Crippen molar-refractivity contribution in [3.8, 4) is 0 Å². The van der Waals surface area contributed by atoms with E-state index in [2.05, 4.69) is 5.32 Å². The van der Waals surface area contributed by atoms with Crippen LogP contribution in [-0.4, -0.2) is 36.6 Å². The molecule has 1 heterocycles. The van der Waals surface area contributed by atoms with Crippen molar-refractivity contribution in [3.05, 3.63) is 0 Å². The standard InChI is InChI=1S/C8H15N3O/c9-5-7(6-1-2-6)11-4-3-10-8(11)12/h6-7H,1-5,9H2,(H,10,12). The molecule has 0 radical (unpaired) electrons. The van der Waals surface area contributed by atoms with Gasteiger partial charge in [0.15, 0.2) is 0 Å². The molecule has 1 unspecified atom stereocenters. The van der Waals surface area contributed by atoms with Gasteiger partial charge in [0.2, 0.25) is 0 Å². The van der Waals surface area contributed by atoms with Gasteiger partial charge in [-0.25, -0.2) is 4.79 Å². The molecule has 0 aromatic carbocycles. The van der Waals surface area contributed by atoms with Crippen molar-refractivity contribution in [2.75, 3.05) is 19.6 Å². The number of hydrogen-bond acceptors (Lipinski definition) is 2. The summed E-state index contributed by atoms with van der Waals surface area (Å²) < 4.78 is 0. The number of nitrogens with zero attached hydrogens (tertiary/aromatic N) is 1. The number of nitrogens with one attached hydrogen (secondary N) is 1. The predicted octanol–water partition coefficient (Wildman–Crippen LogP) is -0.251. The van der Waals surface area contributed by atoms with Crippen LogP contribution in [-0.2, 0) is 0 Å². The minimum atomic E-state index is 0.0670. The zero-order chi connectivity index (χ0) is 8.55. The first kappa shape index (κ1) is 7.86. The van der Waals surface area contributed by atoms with E-state index in [1.807, 2.05) is 4.90 Å². The Kier molecular flexibility index (Phi) is 1.92. The van der Waals surface area contributed by atoms with Gasteiger partial charge in [0, 0.05) is 25.7 Å². The number of urea groups is 1. The van der Waals surface area contributed by atoms with E-state index in [0.29, 0.717) is 18.5 Å². The second kappa shape index (κ2) is 2.94. The molecule has 4 heteroatoms. The molecule has 2 aliphatic rings. The zero-order valence-electron chi connectivity index (χ0n) is 7.12. The number of amides is 2. The highest BCUT2D eigenvalue weighted by atomic mass is 16.2. The molecule has 0 aromatic heterocycles. The molecule has 1 aliphatic carbocycles. The number of carbonyl (C=O) groups is 1. The van der Waals surface area contributed by atoms with E-state index in [9.17, 15) is 4.79 Å². The van der Waals surface area contributed by atoms with Crippen LogP contribution in [0.5, 0.6) is 0 Å². The monoisotopic (exact) mass is 169 g/mol. The van der Waals surface area contributed by atoms with E-state index in [0.717, 1.165) is 13.1 Å². The smallest absolute Gasteiger partial charge is 0.317 e. The molecule has 0 aromatic rings. The second-order valence-electron chi connectivity index (χ2n) is 3.57. The highest BCUT2D eigenvalue weighted by molar-refractivity contribution is 5.76. The Hall–Kier alpha value is -0.770. The van der Waals surface area contributed by atoms with Crippen LogP contribution >= 0.6 is 0 Å². The van der Waals surface area contributed by atoms with Gasteiger partial charge >= 0.3 is 6.03 Å². The van der Waals surface area contributed by atoms with E-state index < -0.39 is 0 Å². The molecular formula is C8H15N3O. The van der Waals surface area contributed by atoms with Crippen LogP contribution in [0.3, 0.4) is 0 Å². The molecule has 1 saturated carbocycles. The molecule has 1 aliphatic heterocycles. The number of carbonyl (C=O) groups excluding carboxylic acids is 1. The van der Waals surface area contributed by atoms with Crippen LogP contribution in [0.2, 0.25) is 0 Å². The van der Waals surface area contributed by atoms with Crippen LogP contribution in [0.25, 0.3) is 0 Å². The average Bonchev–Trinajstić information content (AvgIpc) is 2.80. The normalized spacial score (nSPS) is 25.8. The van der Waals surface area contributed by atoms with Gasteiger partial charge in [0.25, 0.3) is 0 Å². The maximum absolute atomic E-state index is 11.3. The summed E-state index contributed by atoms with van der Waals surface area (Å²) in [6.07, 6.45) is 2.48. The Labute approximate surface area is 72.1 Å². The molecule has 1 saturated heterocycles. The third kappa shape index (κ3) is 1.27. The molecule has 3 N–H and O–H groups in total. The lowest BCUT2D eigenvalue weighted by molar-refractivity contribution is 0.192. The van der Waals surface area contributed by atoms with Gasteiger partial charge in [0.1, 0.15) is 0 Å². The lowest BCUT2D eigenvalue weighted by atomic mass is 10.1. The van der Waals surface area contributed by atoms with E-state index in [-0.39, 0.29) is 6.03 Å². The lowest BCUT2D eigenvalue weighted by Crippen LogP contribution is -2.44. The number of nitrogens with two attached hydrogens (primary N) is 1. The molecule has 12 heavy (non-hydrogen) atoms. The van der Waals surface area contributed by atoms with Crippen molar-refractivity contribution in [2.45, 2.75) is 18.9 Å². The van der Waals surface area contributed by atoms with E-state index in [1.165, 1.54) is 12.8 Å². The van der Waals surface area contributed by atoms with Crippen molar-refractivity contribution < 1.29 is 4.79 Å². The Morgan fingerprint density at radius 1 is 1.67 bits per heavy atom.